The molecule has 4 nitrogen and oxygen atoms in total. The summed E-state index contributed by atoms with van der Waals surface area (Å²) in [5.74, 6) is 0.649. The fourth-order valence-corrected chi connectivity index (χ4v) is 1.05. The lowest BCUT2D eigenvalue weighted by molar-refractivity contribution is 0.0600. The fourth-order valence-electron chi connectivity index (χ4n) is 1.05. The van der Waals surface area contributed by atoms with Crippen molar-refractivity contribution in [3.63, 3.8) is 0 Å². The molecule has 0 fully saturated rings. The van der Waals surface area contributed by atoms with Gasteiger partial charge in [0.25, 0.3) is 0 Å². The maximum absolute atomic E-state index is 11.1. The van der Waals surface area contributed by atoms with E-state index >= 15 is 0 Å². The highest BCUT2D eigenvalue weighted by Gasteiger charge is 2.06. The number of methoxy groups -OCH3 is 1. The van der Waals surface area contributed by atoms with E-state index in [9.17, 15) is 4.79 Å². The predicted molar refractivity (Wildman–Crippen MR) is 60.5 cm³/mol. The van der Waals surface area contributed by atoms with Gasteiger partial charge in [0.2, 0.25) is 5.88 Å². The van der Waals surface area contributed by atoms with Crippen LogP contribution in [-0.2, 0) is 4.74 Å². The Hall–Kier alpha value is -1.58. The lowest BCUT2D eigenvalue weighted by atomic mass is 10.1. The lowest BCUT2D eigenvalue weighted by Gasteiger charge is -2.09. The predicted octanol–water partition coefficient (Wildman–Crippen LogP) is 2.29. The molecule has 16 heavy (non-hydrogen) atoms. The number of rotatable bonds is 5. The second-order valence-electron chi connectivity index (χ2n) is 3.70. The van der Waals surface area contributed by atoms with Crippen molar-refractivity contribution in [1.29, 1.82) is 0 Å². The van der Waals surface area contributed by atoms with E-state index in [0.29, 0.717) is 24.0 Å². The number of hydrogen-bond donors (Lipinski definition) is 0. The summed E-state index contributed by atoms with van der Waals surface area (Å²) >= 11 is 0. The molecule has 1 atom stereocenters. The van der Waals surface area contributed by atoms with Crippen molar-refractivity contribution in [3.8, 4) is 5.88 Å². The van der Waals surface area contributed by atoms with Gasteiger partial charge in [0, 0.05) is 12.3 Å². The van der Waals surface area contributed by atoms with Crippen molar-refractivity contribution >= 4 is 5.97 Å². The molecule has 4 heteroatoms. The van der Waals surface area contributed by atoms with Crippen LogP contribution in [0.5, 0.6) is 5.88 Å². The van der Waals surface area contributed by atoms with Crippen LogP contribution in [0.4, 0.5) is 0 Å². The molecule has 0 radical (unpaired) electrons. The number of ether oxygens (including phenoxy) is 2. The van der Waals surface area contributed by atoms with Crippen LogP contribution in [0, 0.1) is 5.92 Å². The first-order chi connectivity index (χ1) is 7.67. The number of nitrogens with zero attached hydrogens (tertiary/aromatic N) is 1. The van der Waals surface area contributed by atoms with Crippen LogP contribution in [0.25, 0.3) is 0 Å². The number of esters is 1. The van der Waals surface area contributed by atoms with Crippen LogP contribution in [-0.4, -0.2) is 24.7 Å². The van der Waals surface area contributed by atoms with Crippen LogP contribution >= 0.6 is 0 Å². The number of pyridine rings is 1. The second kappa shape index (κ2) is 6.10. The van der Waals surface area contributed by atoms with Gasteiger partial charge in [0.05, 0.1) is 19.3 Å². The number of carbonyl (C=O) groups is 1. The van der Waals surface area contributed by atoms with Gasteiger partial charge in [-0.15, -0.1) is 0 Å². The third kappa shape index (κ3) is 3.53. The van der Waals surface area contributed by atoms with Gasteiger partial charge in [-0.3, -0.25) is 0 Å². The standard InChI is InChI=1S/C12H17NO3/c1-4-9(2)8-16-11-6-5-10(7-13-11)12(14)15-3/h5-7,9H,4,8H2,1-3H3. The summed E-state index contributed by atoms with van der Waals surface area (Å²) in [6.07, 6.45) is 2.53. The molecule has 0 aromatic carbocycles. The molecule has 0 saturated heterocycles. The van der Waals surface area contributed by atoms with E-state index in [1.165, 1.54) is 13.3 Å². The Morgan fingerprint density at radius 3 is 2.75 bits per heavy atom. The van der Waals surface area contributed by atoms with Gasteiger partial charge < -0.3 is 9.47 Å². The maximum atomic E-state index is 11.1. The van der Waals surface area contributed by atoms with Crippen molar-refractivity contribution in [1.82, 2.24) is 4.98 Å². The van der Waals surface area contributed by atoms with Crippen LogP contribution in [0.2, 0.25) is 0 Å². The smallest absolute Gasteiger partial charge is 0.339 e. The first-order valence-electron chi connectivity index (χ1n) is 5.34. The van der Waals surface area contributed by atoms with Crippen molar-refractivity contribution in [2.24, 2.45) is 5.92 Å². The van der Waals surface area contributed by atoms with Gasteiger partial charge in [0.1, 0.15) is 0 Å². The normalized spacial score (nSPS) is 11.9. The first kappa shape index (κ1) is 12.5. The molecule has 0 bridgehead atoms. The minimum Gasteiger partial charge on any atom is -0.477 e. The molecule has 1 rings (SSSR count). The minimum absolute atomic E-state index is 0.388. The molecule has 1 unspecified atom stereocenters. The van der Waals surface area contributed by atoms with Gasteiger partial charge in [-0.25, -0.2) is 9.78 Å². The van der Waals surface area contributed by atoms with Crippen LogP contribution in [0.15, 0.2) is 18.3 Å². The summed E-state index contributed by atoms with van der Waals surface area (Å²) in [4.78, 5) is 15.2. The molecule has 0 saturated carbocycles. The lowest BCUT2D eigenvalue weighted by Crippen LogP contribution is -2.08. The van der Waals surface area contributed by atoms with Gasteiger partial charge in [-0.1, -0.05) is 20.3 Å². The van der Waals surface area contributed by atoms with E-state index in [1.807, 2.05) is 0 Å². The molecule has 0 amide bonds. The molecule has 1 heterocycles. The maximum Gasteiger partial charge on any atom is 0.339 e. The van der Waals surface area contributed by atoms with Crippen LogP contribution in [0.3, 0.4) is 0 Å². The number of aromatic nitrogens is 1. The Labute approximate surface area is 95.6 Å². The highest BCUT2D eigenvalue weighted by atomic mass is 16.5. The second-order valence-corrected chi connectivity index (χ2v) is 3.70. The Morgan fingerprint density at radius 1 is 1.50 bits per heavy atom. The number of carbonyl (C=O) groups excluding carboxylic acids is 1. The molecule has 0 N–H and O–H groups in total. The largest absolute Gasteiger partial charge is 0.477 e. The van der Waals surface area contributed by atoms with Crippen molar-refractivity contribution in [2.45, 2.75) is 20.3 Å². The fraction of sp³-hybridized carbons (Fsp3) is 0.500. The topological polar surface area (TPSA) is 48.4 Å². The SMILES string of the molecule is CCC(C)COc1ccc(C(=O)OC)cn1. The monoisotopic (exact) mass is 223 g/mol. The zero-order valence-corrected chi connectivity index (χ0v) is 9.90. The average Bonchev–Trinajstić information content (AvgIpc) is 2.35. The molecular weight excluding hydrogens is 206 g/mol. The summed E-state index contributed by atoms with van der Waals surface area (Å²) < 4.78 is 10.0. The summed E-state index contributed by atoms with van der Waals surface area (Å²) in [6, 6.07) is 3.32. The van der Waals surface area contributed by atoms with Crippen molar-refractivity contribution in [2.75, 3.05) is 13.7 Å². The molecule has 0 aliphatic heterocycles. The summed E-state index contributed by atoms with van der Waals surface area (Å²) in [5, 5.41) is 0. The van der Waals surface area contributed by atoms with E-state index in [2.05, 4.69) is 23.6 Å². The molecule has 1 aromatic rings. The summed E-state index contributed by atoms with van der Waals surface area (Å²) in [6.45, 7) is 4.87. The molecule has 0 aliphatic rings. The van der Waals surface area contributed by atoms with E-state index in [0.717, 1.165) is 6.42 Å². The van der Waals surface area contributed by atoms with E-state index in [-0.39, 0.29) is 5.97 Å². The molecule has 88 valence electrons. The van der Waals surface area contributed by atoms with Crippen LogP contribution in [0.1, 0.15) is 30.6 Å². The highest BCUT2D eigenvalue weighted by Crippen LogP contribution is 2.10. The zero-order valence-electron chi connectivity index (χ0n) is 9.90. The minimum atomic E-state index is -0.388. The zero-order chi connectivity index (χ0) is 12.0. The Morgan fingerprint density at radius 2 is 2.25 bits per heavy atom. The van der Waals surface area contributed by atoms with Gasteiger partial charge in [0.15, 0.2) is 0 Å². The van der Waals surface area contributed by atoms with E-state index < -0.39 is 0 Å². The van der Waals surface area contributed by atoms with Gasteiger partial charge in [-0.2, -0.15) is 0 Å². The van der Waals surface area contributed by atoms with Crippen molar-refractivity contribution < 1.29 is 14.3 Å². The first-order valence-corrected chi connectivity index (χ1v) is 5.34. The summed E-state index contributed by atoms with van der Waals surface area (Å²) in [7, 11) is 1.34. The Balaban J connectivity index is 2.54. The quantitative estimate of drug-likeness (QED) is 0.718. The van der Waals surface area contributed by atoms with Crippen molar-refractivity contribution in [3.05, 3.63) is 23.9 Å². The number of hydrogen-bond acceptors (Lipinski definition) is 4. The Bertz CT molecular complexity index is 335. The molecule has 1 aromatic heterocycles. The van der Waals surface area contributed by atoms with E-state index in [4.69, 9.17) is 4.74 Å². The van der Waals surface area contributed by atoms with E-state index in [1.54, 1.807) is 12.1 Å². The molecule has 0 aliphatic carbocycles. The Kier molecular flexibility index (Phi) is 4.76. The average molecular weight is 223 g/mol. The summed E-state index contributed by atoms with van der Waals surface area (Å²) in [5.41, 5.74) is 0.429. The highest BCUT2D eigenvalue weighted by molar-refractivity contribution is 5.88. The van der Waals surface area contributed by atoms with Crippen LogP contribution < -0.4 is 4.74 Å². The third-order valence-electron chi connectivity index (χ3n) is 2.37. The third-order valence-corrected chi connectivity index (χ3v) is 2.37. The van der Waals surface area contributed by atoms with Gasteiger partial charge in [-0.05, 0) is 12.0 Å². The molecular formula is C12H17NO3. The van der Waals surface area contributed by atoms with Gasteiger partial charge >= 0.3 is 5.97 Å². The molecule has 0 spiro atoms.